The average Bonchev–Trinajstić information content (AvgIpc) is 3.10. The van der Waals surface area contributed by atoms with Crippen molar-refractivity contribution in [2.24, 2.45) is 4.99 Å². The van der Waals surface area contributed by atoms with E-state index in [1.807, 2.05) is 0 Å². The van der Waals surface area contributed by atoms with Gasteiger partial charge in [-0.1, -0.05) is 26.0 Å². The van der Waals surface area contributed by atoms with Gasteiger partial charge < -0.3 is 10.6 Å². The first-order chi connectivity index (χ1) is 10.2. The normalized spacial score (nSPS) is 15.9. The van der Waals surface area contributed by atoms with Crippen LogP contribution >= 0.6 is 11.3 Å². The minimum absolute atomic E-state index is 0.495. The van der Waals surface area contributed by atoms with E-state index >= 15 is 0 Å². The summed E-state index contributed by atoms with van der Waals surface area (Å²) >= 11 is 1.75. The van der Waals surface area contributed by atoms with Gasteiger partial charge in [-0.15, -0.1) is 11.3 Å². The molecule has 5 heteroatoms. The topological polar surface area (TPSA) is 49.3 Å². The van der Waals surface area contributed by atoms with Crippen molar-refractivity contribution in [3.05, 3.63) is 28.2 Å². The molecule has 1 heterocycles. The van der Waals surface area contributed by atoms with E-state index < -0.39 is 0 Å². The van der Waals surface area contributed by atoms with E-state index in [0.29, 0.717) is 12.0 Å². The molecule has 0 atom stereocenters. The number of thiazole rings is 1. The monoisotopic (exact) mass is 306 g/mol. The molecule has 1 aromatic rings. The molecule has 0 fully saturated rings. The maximum absolute atomic E-state index is 4.66. The Hall–Kier alpha value is -1.36. The molecule has 2 N–H and O–H groups in total. The smallest absolute Gasteiger partial charge is 0.191 e. The summed E-state index contributed by atoms with van der Waals surface area (Å²) in [5.41, 5.74) is 1.16. The summed E-state index contributed by atoms with van der Waals surface area (Å²) in [7, 11) is 0. The molecule has 0 saturated carbocycles. The zero-order valence-electron chi connectivity index (χ0n) is 13.2. The Morgan fingerprint density at radius 3 is 2.81 bits per heavy atom. The third kappa shape index (κ3) is 5.16. The molecule has 1 aliphatic rings. The van der Waals surface area contributed by atoms with Crippen molar-refractivity contribution >= 4 is 17.3 Å². The van der Waals surface area contributed by atoms with Crippen molar-refractivity contribution in [2.75, 3.05) is 13.1 Å². The molecule has 21 heavy (non-hydrogen) atoms. The SMILES string of the molecule is CCNC(=NCCc1csc(C(C)C)n1)NC1CC=CC1. The van der Waals surface area contributed by atoms with Crippen molar-refractivity contribution in [3.8, 4) is 0 Å². The Kier molecular flexibility index (Phi) is 6.23. The number of guanidine groups is 1. The Bertz CT molecular complexity index is 482. The van der Waals surface area contributed by atoms with Gasteiger partial charge in [-0.25, -0.2) is 4.98 Å². The summed E-state index contributed by atoms with van der Waals surface area (Å²) in [6, 6.07) is 0.495. The molecule has 0 unspecified atom stereocenters. The van der Waals surface area contributed by atoms with Crippen LogP contribution in [0.5, 0.6) is 0 Å². The van der Waals surface area contributed by atoms with Gasteiger partial charge in [-0.3, -0.25) is 4.99 Å². The summed E-state index contributed by atoms with van der Waals surface area (Å²) < 4.78 is 0. The van der Waals surface area contributed by atoms with E-state index in [4.69, 9.17) is 0 Å². The molecule has 0 aliphatic heterocycles. The largest absolute Gasteiger partial charge is 0.357 e. The molecule has 1 aromatic heterocycles. The second-order valence-electron chi connectivity index (χ2n) is 5.63. The van der Waals surface area contributed by atoms with Crippen LogP contribution in [-0.4, -0.2) is 30.1 Å². The van der Waals surface area contributed by atoms with Crippen molar-refractivity contribution in [1.29, 1.82) is 0 Å². The number of hydrogen-bond acceptors (Lipinski definition) is 3. The van der Waals surface area contributed by atoms with Crippen LogP contribution in [0.3, 0.4) is 0 Å². The van der Waals surface area contributed by atoms with E-state index in [1.165, 1.54) is 5.01 Å². The Balaban J connectivity index is 1.83. The number of aliphatic imine (C=N–C) groups is 1. The summed E-state index contributed by atoms with van der Waals surface area (Å²) in [5, 5.41) is 10.2. The third-order valence-electron chi connectivity index (χ3n) is 3.39. The molecule has 1 aliphatic carbocycles. The summed E-state index contributed by atoms with van der Waals surface area (Å²) in [5.74, 6) is 1.44. The molecule has 0 radical (unpaired) electrons. The minimum atomic E-state index is 0.495. The van der Waals surface area contributed by atoms with Crippen LogP contribution in [0.15, 0.2) is 22.5 Å². The summed E-state index contributed by atoms with van der Waals surface area (Å²) in [6.07, 6.45) is 7.54. The highest BCUT2D eigenvalue weighted by molar-refractivity contribution is 7.09. The lowest BCUT2D eigenvalue weighted by molar-refractivity contribution is 0.633. The molecule has 116 valence electrons. The highest BCUT2D eigenvalue weighted by Crippen LogP contribution is 2.19. The molecule has 0 saturated heterocycles. The molecule has 2 rings (SSSR count). The second kappa shape index (κ2) is 8.17. The van der Waals surface area contributed by atoms with E-state index in [0.717, 1.165) is 44.0 Å². The number of hydrogen-bond donors (Lipinski definition) is 2. The lowest BCUT2D eigenvalue weighted by Crippen LogP contribution is -2.42. The first-order valence-electron chi connectivity index (χ1n) is 7.83. The highest BCUT2D eigenvalue weighted by Gasteiger charge is 2.11. The fourth-order valence-electron chi connectivity index (χ4n) is 2.23. The van der Waals surface area contributed by atoms with Crippen molar-refractivity contribution < 1.29 is 0 Å². The first kappa shape index (κ1) is 16.0. The quantitative estimate of drug-likeness (QED) is 0.482. The predicted molar refractivity (Wildman–Crippen MR) is 91.2 cm³/mol. The van der Waals surface area contributed by atoms with Gasteiger partial charge in [-0.2, -0.15) is 0 Å². The van der Waals surface area contributed by atoms with Gasteiger partial charge in [0.2, 0.25) is 0 Å². The van der Waals surface area contributed by atoms with E-state index in [9.17, 15) is 0 Å². The summed E-state index contributed by atoms with van der Waals surface area (Å²) in [4.78, 5) is 9.31. The lowest BCUT2D eigenvalue weighted by Gasteiger charge is -2.16. The van der Waals surface area contributed by atoms with Gasteiger partial charge >= 0.3 is 0 Å². The van der Waals surface area contributed by atoms with E-state index in [1.54, 1.807) is 11.3 Å². The molecule has 0 spiro atoms. The Labute approximate surface area is 131 Å². The number of aromatic nitrogens is 1. The predicted octanol–water partition coefficient (Wildman–Crippen LogP) is 3.08. The van der Waals surface area contributed by atoms with E-state index in [-0.39, 0.29) is 0 Å². The van der Waals surface area contributed by atoms with Crippen LogP contribution in [0.4, 0.5) is 0 Å². The number of rotatable bonds is 6. The van der Waals surface area contributed by atoms with Gasteiger partial charge in [-0.05, 0) is 19.8 Å². The van der Waals surface area contributed by atoms with Gasteiger partial charge in [0.1, 0.15) is 0 Å². The Morgan fingerprint density at radius 2 is 2.19 bits per heavy atom. The fourth-order valence-corrected chi connectivity index (χ4v) is 3.10. The average molecular weight is 306 g/mol. The minimum Gasteiger partial charge on any atom is -0.357 e. The molecule has 0 aromatic carbocycles. The van der Waals surface area contributed by atoms with Crippen molar-refractivity contribution in [1.82, 2.24) is 15.6 Å². The molecule has 0 amide bonds. The molecule has 0 bridgehead atoms. The van der Waals surface area contributed by atoms with Gasteiger partial charge in [0, 0.05) is 36.9 Å². The lowest BCUT2D eigenvalue weighted by atomic mass is 10.2. The molecular formula is C16H26N4S. The maximum atomic E-state index is 4.66. The van der Waals surface area contributed by atoms with E-state index in [2.05, 4.69) is 58.9 Å². The number of nitrogens with one attached hydrogen (secondary N) is 2. The van der Waals surface area contributed by atoms with Crippen molar-refractivity contribution in [2.45, 2.75) is 52.0 Å². The summed E-state index contributed by atoms with van der Waals surface area (Å²) in [6.45, 7) is 8.13. The van der Waals surface area contributed by atoms with Gasteiger partial charge in [0.25, 0.3) is 0 Å². The zero-order chi connectivity index (χ0) is 15.1. The van der Waals surface area contributed by atoms with Crippen LogP contribution in [0.1, 0.15) is 50.2 Å². The Morgan fingerprint density at radius 1 is 1.43 bits per heavy atom. The van der Waals surface area contributed by atoms with Gasteiger partial charge in [0.15, 0.2) is 5.96 Å². The standard InChI is InChI=1S/C16H26N4S/c1-4-17-16(20-13-7-5-6-8-13)18-10-9-14-11-21-15(19-14)12(2)3/h5-6,11-13H,4,7-10H2,1-3H3,(H2,17,18,20). The maximum Gasteiger partial charge on any atom is 0.191 e. The molecular weight excluding hydrogens is 280 g/mol. The second-order valence-corrected chi connectivity index (χ2v) is 6.52. The van der Waals surface area contributed by atoms with Crippen LogP contribution in [0, 0.1) is 0 Å². The van der Waals surface area contributed by atoms with Crippen LogP contribution in [0.25, 0.3) is 0 Å². The number of nitrogens with zero attached hydrogens (tertiary/aromatic N) is 2. The van der Waals surface area contributed by atoms with Gasteiger partial charge in [0.05, 0.1) is 10.7 Å². The van der Waals surface area contributed by atoms with Crippen LogP contribution in [0.2, 0.25) is 0 Å². The van der Waals surface area contributed by atoms with Crippen LogP contribution < -0.4 is 10.6 Å². The molecule has 4 nitrogen and oxygen atoms in total. The zero-order valence-corrected chi connectivity index (χ0v) is 14.0. The first-order valence-corrected chi connectivity index (χ1v) is 8.71. The van der Waals surface area contributed by atoms with Crippen LogP contribution in [-0.2, 0) is 6.42 Å². The fraction of sp³-hybridized carbons (Fsp3) is 0.625. The highest BCUT2D eigenvalue weighted by atomic mass is 32.1. The van der Waals surface area contributed by atoms with Crippen molar-refractivity contribution in [3.63, 3.8) is 0 Å². The third-order valence-corrected chi connectivity index (χ3v) is 4.59.